The van der Waals surface area contributed by atoms with E-state index >= 15 is 0 Å². The van der Waals surface area contributed by atoms with E-state index < -0.39 is 0 Å². The van der Waals surface area contributed by atoms with E-state index in [-0.39, 0.29) is 0 Å². The Bertz CT molecular complexity index is 1700. The minimum atomic E-state index is 0.924. The summed E-state index contributed by atoms with van der Waals surface area (Å²) in [7, 11) is 0. The zero-order valence-electron chi connectivity index (χ0n) is 20.1. The highest BCUT2D eigenvalue weighted by atomic mass is 127. The molecule has 2 aliphatic heterocycles. The number of hydrogen-bond acceptors (Lipinski definition) is 2. The third-order valence-electron chi connectivity index (χ3n) is 6.60. The molecule has 5 heterocycles. The van der Waals surface area contributed by atoms with E-state index in [1.807, 2.05) is 0 Å². The van der Waals surface area contributed by atoms with E-state index in [1.54, 1.807) is 0 Å². The topological polar surface area (TPSA) is 35.6 Å². The average Bonchev–Trinajstić information content (AvgIpc) is 3.71. The van der Waals surface area contributed by atoms with Gasteiger partial charge in [0.25, 0.3) is 0 Å². The number of aromatic nitrogens is 4. The van der Waals surface area contributed by atoms with E-state index in [0.717, 1.165) is 56.2 Å². The highest BCUT2D eigenvalue weighted by Gasteiger charge is 2.09. The maximum absolute atomic E-state index is 4.94. The Kier molecular flexibility index (Phi) is 6.01. The van der Waals surface area contributed by atoms with Crippen LogP contribution in [-0.2, 0) is 0 Å². The summed E-state index contributed by atoms with van der Waals surface area (Å²) in [6, 6.07) is 34.3. The van der Waals surface area contributed by atoms with Crippen molar-refractivity contribution in [3.63, 3.8) is 0 Å². The van der Waals surface area contributed by atoms with Crippen LogP contribution in [0.2, 0.25) is 0 Å². The molecule has 0 radical (unpaired) electrons. The number of halogens is 2. The van der Waals surface area contributed by atoms with Crippen LogP contribution in [-0.4, -0.2) is 19.1 Å². The molecule has 0 saturated carbocycles. The van der Waals surface area contributed by atoms with Crippen LogP contribution in [0.4, 0.5) is 0 Å². The van der Waals surface area contributed by atoms with Crippen LogP contribution in [0, 0.1) is 7.14 Å². The van der Waals surface area contributed by atoms with Crippen molar-refractivity contribution in [3.8, 4) is 11.4 Å². The first-order valence-corrected chi connectivity index (χ1v) is 14.4. The Morgan fingerprint density at radius 1 is 0.395 bits per heavy atom. The standard InChI is InChI=1S/C32H20I2N4/c33-21-1-9-27(10-2-21)37-29-13-14-30(37)18-24-6-8-26(36-24)20-32-16-15-31(19-25-7-5-23(17-29)35-25)38(32)28-11-3-22(34)4-12-28/h1-20H. The lowest BCUT2D eigenvalue weighted by atomic mass is 10.3. The van der Waals surface area contributed by atoms with E-state index in [0.29, 0.717) is 0 Å². The Hall–Kier alpha value is -3.50. The molecule has 0 saturated heterocycles. The van der Waals surface area contributed by atoms with Crippen molar-refractivity contribution in [2.24, 2.45) is 0 Å². The highest BCUT2D eigenvalue weighted by molar-refractivity contribution is 14.1. The molecule has 0 amide bonds. The van der Waals surface area contributed by atoms with Crippen molar-refractivity contribution >= 4 is 91.6 Å². The van der Waals surface area contributed by atoms with Crippen LogP contribution in [0.3, 0.4) is 0 Å². The fourth-order valence-electron chi connectivity index (χ4n) is 4.88. The van der Waals surface area contributed by atoms with Gasteiger partial charge in [-0.05, 0) is 167 Å². The SMILES string of the molecule is Ic1ccc(-n2c3ccc2cc2nc(cc4ccc(cc5nc(c3)C=C5)n4-c3ccc(I)cc3)C=C2)cc1. The summed E-state index contributed by atoms with van der Waals surface area (Å²) in [6.45, 7) is 0. The predicted octanol–water partition coefficient (Wildman–Crippen LogP) is 8.79. The van der Waals surface area contributed by atoms with Crippen LogP contribution in [0.5, 0.6) is 0 Å². The Labute approximate surface area is 247 Å². The Balaban J connectivity index is 1.55. The van der Waals surface area contributed by atoms with E-state index in [4.69, 9.17) is 9.97 Å². The molecule has 2 aliphatic rings. The number of fused-ring (bicyclic) bond motifs is 8. The molecule has 38 heavy (non-hydrogen) atoms. The minimum Gasteiger partial charge on any atom is -0.310 e. The second kappa shape index (κ2) is 9.67. The van der Waals surface area contributed by atoms with Gasteiger partial charge in [-0.15, -0.1) is 0 Å². The molecule has 0 atom stereocenters. The molecule has 8 bridgehead atoms. The summed E-state index contributed by atoms with van der Waals surface area (Å²) in [5.41, 5.74) is 10.2. The number of benzene rings is 2. The van der Waals surface area contributed by atoms with Crippen molar-refractivity contribution < 1.29 is 0 Å². The van der Waals surface area contributed by atoms with Crippen molar-refractivity contribution in [2.45, 2.75) is 0 Å². The summed E-state index contributed by atoms with van der Waals surface area (Å²) in [6.07, 6.45) is 8.31. The van der Waals surface area contributed by atoms with Crippen molar-refractivity contribution in [1.82, 2.24) is 19.1 Å². The smallest absolute Gasteiger partial charge is 0.0658 e. The van der Waals surface area contributed by atoms with Crippen LogP contribution >= 0.6 is 45.2 Å². The van der Waals surface area contributed by atoms with Gasteiger partial charge in [0.2, 0.25) is 0 Å². The second-order valence-electron chi connectivity index (χ2n) is 9.16. The Morgan fingerprint density at radius 3 is 0.974 bits per heavy atom. The quantitative estimate of drug-likeness (QED) is 0.168. The maximum Gasteiger partial charge on any atom is 0.0658 e. The van der Waals surface area contributed by atoms with E-state index in [1.165, 1.54) is 7.14 Å². The Morgan fingerprint density at radius 2 is 0.684 bits per heavy atom. The maximum atomic E-state index is 4.94. The average molecular weight is 714 g/mol. The fourth-order valence-corrected chi connectivity index (χ4v) is 5.60. The molecule has 2 aromatic carbocycles. The van der Waals surface area contributed by atoms with Gasteiger partial charge in [-0.25, -0.2) is 9.97 Å². The lowest BCUT2D eigenvalue weighted by Gasteiger charge is -2.07. The largest absolute Gasteiger partial charge is 0.310 e. The van der Waals surface area contributed by atoms with Gasteiger partial charge >= 0.3 is 0 Å². The first kappa shape index (κ1) is 23.6. The highest BCUT2D eigenvalue weighted by Crippen LogP contribution is 2.25. The molecule has 3 aromatic heterocycles. The van der Waals surface area contributed by atoms with Crippen molar-refractivity contribution in [2.75, 3.05) is 0 Å². The van der Waals surface area contributed by atoms with Crippen LogP contribution in [0.1, 0.15) is 22.8 Å². The first-order valence-electron chi connectivity index (χ1n) is 12.2. The predicted molar refractivity (Wildman–Crippen MR) is 174 cm³/mol. The zero-order valence-corrected chi connectivity index (χ0v) is 24.4. The minimum absolute atomic E-state index is 0.924. The van der Waals surface area contributed by atoms with E-state index in [2.05, 4.69) is 176 Å². The third kappa shape index (κ3) is 4.52. The number of rotatable bonds is 2. The second-order valence-corrected chi connectivity index (χ2v) is 11.6. The summed E-state index contributed by atoms with van der Waals surface area (Å²) < 4.78 is 6.92. The van der Waals surface area contributed by atoms with Gasteiger partial charge in [-0.2, -0.15) is 0 Å². The summed E-state index contributed by atoms with van der Waals surface area (Å²) in [4.78, 5) is 9.89. The van der Waals surface area contributed by atoms with Crippen LogP contribution in [0.15, 0.2) is 97.1 Å². The molecule has 0 spiro atoms. The summed E-state index contributed by atoms with van der Waals surface area (Å²) >= 11 is 4.68. The molecule has 0 aliphatic carbocycles. The van der Waals surface area contributed by atoms with E-state index in [9.17, 15) is 0 Å². The van der Waals surface area contributed by atoms with Gasteiger partial charge in [-0.3, -0.25) is 0 Å². The normalized spacial score (nSPS) is 12.3. The fraction of sp³-hybridized carbons (Fsp3) is 0. The molecular weight excluding hydrogens is 694 g/mol. The van der Waals surface area contributed by atoms with Gasteiger partial charge in [0, 0.05) is 40.6 Å². The third-order valence-corrected chi connectivity index (χ3v) is 8.04. The molecule has 7 rings (SSSR count). The van der Waals surface area contributed by atoms with Gasteiger partial charge in [0.05, 0.1) is 22.8 Å². The zero-order chi connectivity index (χ0) is 25.6. The number of hydrogen-bond donors (Lipinski definition) is 0. The van der Waals surface area contributed by atoms with Crippen LogP contribution < -0.4 is 0 Å². The number of nitrogens with zero attached hydrogens (tertiary/aromatic N) is 4. The lowest BCUT2D eigenvalue weighted by molar-refractivity contribution is 1.16. The molecule has 0 N–H and O–H groups in total. The van der Waals surface area contributed by atoms with Gasteiger partial charge in [0.15, 0.2) is 0 Å². The molecule has 0 fully saturated rings. The lowest BCUT2D eigenvalue weighted by Crippen LogP contribution is -1.94. The van der Waals surface area contributed by atoms with Gasteiger partial charge < -0.3 is 9.13 Å². The van der Waals surface area contributed by atoms with Crippen LogP contribution in [0.25, 0.3) is 57.7 Å². The van der Waals surface area contributed by atoms with Crippen molar-refractivity contribution in [3.05, 3.63) is 127 Å². The first-order chi connectivity index (χ1) is 18.6. The summed E-state index contributed by atoms with van der Waals surface area (Å²) in [5.74, 6) is 0. The summed E-state index contributed by atoms with van der Waals surface area (Å²) in [5, 5.41) is 0. The molecule has 4 nitrogen and oxygen atoms in total. The molecule has 0 unspecified atom stereocenters. The molecule has 5 aromatic rings. The van der Waals surface area contributed by atoms with Crippen molar-refractivity contribution in [1.29, 1.82) is 0 Å². The molecular formula is C32H20I2N4. The monoisotopic (exact) mass is 714 g/mol. The molecule has 182 valence electrons. The molecule has 6 heteroatoms. The van der Waals surface area contributed by atoms with Gasteiger partial charge in [-0.1, -0.05) is 0 Å². The van der Waals surface area contributed by atoms with Gasteiger partial charge in [0.1, 0.15) is 0 Å².